The topological polar surface area (TPSA) is 59.9 Å². The van der Waals surface area contributed by atoms with E-state index in [1.165, 1.54) is 0 Å². The summed E-state index contributed by atoms with van der Waals surface area (Å²) >= 11 is 0. The third-order valence-corrected chi connectivity index (χ3v) is 4.63. The number of ether oxygens (including phenoxy) is 2. The normalized spacial score (nSPS) is 14.7. The van der Waals surface area contributed by atoms with Crippen LogP contribution in [-0.2, 0) is 17.6 Å². The smallest absolute Gasteiger partial charge is 0.284 e. The van der Waals surface area contributed by atoms with Gasteiger partial charge in [-0.25, -0.2) is 5.43 Å². The molecular formula is C24H22N2O3. The average molecular weight is 386 g/mol. The van der Waals surface area contributed by atoms with Crippen molar-refractivity contribution in [3.8, 4) is 11.5 Å². The van der Waals surface area contributed by atoms with Gasteiger partial charge in [0.2, 0.25) is 6.10 Å². The summed E-state index contributed by atoms with van der Waals surface area (Å²) in [6, 6.07) is 27.5. The lowest BCUT2D eigenvalue weighted by Crippen LogP contribution is -2.42. The minimum Gasteiger partial charge on any atom is -0.485 e. The van der Waals surface area contributed by atoms with Crippen LogP contribution in [0, 0.1) is 0 Å². The molecule has 0 aliphatic carbocycles. The number of benzene rings is 3. The van der Waals surface area contributed by atoms with Gasteiger partial charge in [-0.15, -0.1) is 0 Å². The predicted octanol–water partition coefficient (Wildman–Crippen LogP) is 3.78. The molecule has 5 nitrogen and oxygen atoms in total. The summed E-state index contributed by atoms with van der Waals surface area (Å²) in [7, 11) is 0. The molecule has 0 unspecified atom stereocenters. The highest BCUT2D eigenvalue weighted by molar-refractivity contribution is 5.90. The van der Waals surface area contributed by atoms with Crippen molar-refractivity contribution < 1.29 is 14.3 Å². The van der Waals surface area contributed by atoms with Crippen LogP contribution in [0.4, 0.5) is 0 Å². The number of carbonyl (C=O) groups is 1. The number of fused-ring (bicyclic) bond motifs is 1. The maximum Gasteiger partial charge on any atom is 0.284 e. The molecule has 1 N–H and O–H groups in total. The molecule has 1 aliphatic heterocycles. The van der Waals surface area contributed by atoms with Crippen LogP contribution in [0.3, 0.4) is 0 Å². The van der Waals surface area contributed by atoms with E-state index in [2.05, 4.69) is 34.8 Å². The first-order valence-corrected chi connectivity index (χ1v) is 9.59. The van der Waals surface area contributed by atoms with E-state index in [0.717, 1.165) is 16.8 Å². The Bertz CT molecular complexity index is 944. The molecule has 1 atom stereocenters. The summed E-state index contributed by atoms with van der Waals surface area (Å²) in [6.07, 6.45) is 0.574. The summed E-state index contributed by atoms with van der Waals surface area (Å²) in [5.74, 6) is 0.892. The molecule has 3 aromatic rings. The van der Waals surface area contributed by atoms with E-state index < -0.39 is 6.10 Å². The zero-order chi connectivity index (χ0) is 19.9. The first kappa shape index (κ1) is 18.7. The maximum absolute atomic E-state index is 12.6. The van der Waals surface area contributed by atoms with Gasteiger partial charge >= 0.3 is 0 Å². The largest absolute Gasteiger partial charge is 0.485 e. The molecule has 0 saturated heterocycles. The molecule has 0 spiro atoms. The lowest BCUT2D eigenvalue weighted by Gasteiger charge is -2.25. The molecule has 0 radical (unpaired) electrons. The van der Waals surface area contributed by atoms with Gasteiger partial charge in [-0.2, -0.15) is 5.10 Å². The Hall–Kier alpha value is -3.60. The Morgan fingerprint density at radius 1 is 0.828 bits per heavy atom. The first-order valence-electron chi connectivity index (χ1n) is 9.59. The molecule has 0 aromatic heterocycles. The van der Waals surface area contributed by atoms with E-state index in [0.29, 0.717) is 24.3 Å². The van der Waals surface area contributed by atoms with Gasteiger partial charge in [0.15, 0.2) is 11.5 Å². The quantitative estimate of drug-likeness (QED) is 0.518. The van der Waals surface area contributed by atoms with E-state index in [-0.39, 0.29) is 12.5 Å². The van der Waals surface area contributed by atoms with E-state index in [4.69, 9.17) is 9.47 Å². The van der Waals surface area contributed by atoms with Crippen molar-refractivity contribution in [3.05, 3.63) is 96.1 Å². The lowest BCUT2D eigenvalue weighted by molar-refractivity contribution is -0.130. The van der Waals surface area contributed by atoms with Crippen LogP contribution < -0.4 is 14.9 Å². The van der Waals surface area contributed by atoms with Crippen LogP contribution in [0.15, 0.2) is 90.0 Å². The van der Waals surface area contributed by atoms with Gasteiger partial charge in [0.1, 0.15) is 6.61 Å². The molecule has 1 amide bonds. The molecule has 1 aliphatic rings. The predicted molar refractivity (Wildman–Crippen MR) is 112 cm³/mol. The second-order valence-electron chi connectivity index (χ2n) is 6.84. The van der Waals surface area contributed by atoms with Crippen LogP contribution >= 0.6 is 0 Å². The molecule has 1 heterocycles. The Labute approximate surface area is 170 Å². The zero-order valence-electron chi connectivity index (χ0n) is 16.0. The molecule has 146 valence electrons. The van der Waals surface area contributed by atoms with Gasteiger partial charge in [0, 0.05) is 18.6 Å². The van der Waals surface area contributed by atoms with Crippen LogP contribution in [0.2, 0.25) is 0 Å². The van der Waals surface area contributed by atoms with Gasteiger partial charge in [0.25, 0.3) is 5.91 Å². The number of amides is 1. The SMILES string of the molecule is O=C(NN=C(Cc1ccccc1)Cc1ccccc1)[C@H]1COc2ccccc2O1. The van der Waals surface area contributed by atoms with E-state index in [1.807, 2.05) is 54.6 Å². The van der Waals surface area contributed by atoms with Gasteiger partial charge < -0.3 is 9.47 Å². The Morgan fingerprint density at radius 3 is 2.00 bits per heavy atom. The van der Waals surface area contributed by atoms with Gasteiger partial charge in [0.05, 0.1) is 0 Å². The first-order chi connectivity index (χ1) is 14.3. The molecule has 0 bridgehead atoms. The average Bonchev–Trinajstić information content (AvgIpc) is 2.78. The van der Waals surface area contributed by atoms with Crippen molar-refractivity contribution in [2.75, 3.05) is 6.61 Å². The third-order valence-electron chi connectivity index (χ3n) is 4.63. The fraction of sp³-hybridized carbons (Fsp3) is 0.167. The van der Waals surface area contributed by atoms with Gasteiger partial charge in [-0.3, -0.25) is 4.79 Å². The van der Waals surface area contributed by atoms with Crippen molar-refractivity contribution in [2.45, 2.75) is 18.9 Å². The number of hydrogen-bond acceptors (Lipinski definition) is 4. The Balaban J connectivity index is 1.46. The van der Waals surface area contributed by atoms with E-state index >= 15 is 0 Å². The monoisotopic (exact) mass is 386 g/mol. The van der Waals surface area contributed by atoms with Crippen LogP contribution in [0.1, 0.15) is 11.1 Å². The minimum atomic E-state index is -0.733. The van der Waals surface area contributed by atoms with Crippen molar-refractivity contribution in [1.29, 1.82) is 0 Å². The standard InChI is InChI=1S/C24H22N2O3/c27-24(23-17-28-21-13-7-8-14-22(21)29-23)26-25-20(15-18-9-3-1-4-10-18)16-19-11-5-2-6-12-19/h1-14,23H,15-17H2,(H,26,27)/t23-/m1/s1. The fourth-order valence-corrected chi connectivity index (χ4v) is 3.16. The molecule has 0 fully saturated rings. The Kier molecular flexibility index (Phi) is 5.86. The fourth-order valence-electron chi connectivity index (χ4n) is 3.16. The third kappa shape index (κ3) is 5.02. The van der Waals surface area contributed by atoms with E-state index in [9.17, 15) is 4.79 Å². The number of rotatable bonds is 6. The van der Waals surface area contributed by atoms with Gasteiger partial charge in [-0.1, -0.05) is 72.8 Å². The molecule has 3 aromatic carbocycles. The molecule has 0 saturated carbocycles. The number of nitrogens with one attached hydrogen (secondary N) is 1. The van der Waals surface area contributed by atoms with Crippen molar-refractivity contribution in [3.63, 3.8) is 0 Å². The number of nitrogens with zero attached hydrogens (tertiary/aromatic N) is 1. The number of hydrogen-bond donors (Lipinski definition) is 1. The van der Waals surface area contributed by atoms with Crippen molar-refractivity contribution >= 4 is 11.6 Å². The zero-order valence-corrected chi connectivity index (χ0v) is 16.0. The van der Waals surface area contributed by atoms with Gasteiger partial charge in [-0.05, 0) is 23.3 Å². The van der Waals surface area contributed by atoms with Crippen molar-refractivity contribution in [2.24, 2.45) is 5.10 Å². The highest BCUT2D eigenvalue weighted by atomic mass is 16.6. The minimum absolute atomic E-state index is 0.158. The lowest BCUT2D eigenvalue weighted by atomic mass is 10.0. The van der Waals surface area contributed by atoms with E-state index in [1.54, 1.807) is 6.07 Å². The molecule has 29 heavy (non-hydrogen) atoms. The summed E-state index contributed by atoms with van der Waals surface area (Å²) < 4.78 is 11.4. The number of hydrazone groups is 1. The van der Waals surface area contributed by atoms with Crippen LogP contribution in [0.5, 0.6) is 11.5 Å². The van der Waals surface area contributed by atoms with Crippen LogP contribution in [0.25, 0.3) is 0 Å². The summed E-state index contributed by atoms with van der Waals surface area (Å²) in [5, 5.41) is 4.43. The maximum atomic E-state index is 12.6. The highest BCUT2D eigenvalue weighted by Gasteiger charge is 2.27. The van der Waals surface area contributed by atoms with Crippen LogP contribution in [-0.4, -0.2) is 24.3 Å². The number of carbonyl (C=O) groups excluding carboxylic acids is 1. The molecular weight excluding hydrogens is 364 g/mol. The Morgan fingerprint density at radius 2 is 1.38 bits per heavy atom. The second kappa shape index (κ2) is 9.06. The summed E-state index contributed by atoms with van der Waals surface area (Å²) in [4.78, 5) is 12.6. The molecule has 5 heteroatoms. The second-order valence-corrected chi connectivity index (χ2v) is 6.84. The van der Waals surface area contributed by atoms with Crippen molar-refractivity contribution in [1.82, 2.24) is 5.43 Å². The summed E-state index contributed by atoms with van der Waals surface area (Å²) in [6.45, 7) is 0.158. The summed E-state index contributed by atoms with van der Waals surface area (Å²) in [5.41, 5.74) is 5.82. The molecule has 4 rings (SSSR count). The number of para-hydroxylation sites is 2. The highest BCUT2D eigenvalue weighted by Crippen LogP contribution is 2.30.